The standard InChI is InChI=1S/C29H40N6O5.ClH/c1-18(2)24-28(39)33-22(16-19-10-4-3-5-11-19)29-34-23(17-40-29)25(36)31-15-9-7-13-21(27(38)35-24)32-26(37)20-12-6-8-14-30-20;/h3-5,10-11,17-18,20-22,24,30H,6-9,12-16H2,1-2H3,(H,31,36)(H,32,37)(H,33,39)(H,35,38);1H/t20-,21+,22-,24+;/m1./s1. The van der Waals surface area contributed by atoms with Crippen molar-refractivity contribution in [1.29, 1.82) is 0 Å². The second-order valence-electron chi connectivity index (χ2n) is 10.9. The van der Waals surface area contributed by atoms with Crippen molar-refractivity contribution in [3.63, 3.8) is 0 Å². The lowest BCUT2D eigenvalue weighted by atomic mass is 9.99. The summed E-state index contributed by atoms with van der Waals surface area (Å²) in [5.74, 6) is -1.43. The molecule has 2 aliphatic heterocycles. The van der Waals surface area contributed by atoms with Gasteiger partial charge < -0.3 is 31.0 Å². The second-order valence-corrected chi connectivity index (χ2v) is 10.9. The van der Waals surface area contributed by atoms with E-state index in [4.69, 9.17) is 4.42 Å². The fourth-order valence-electron chi connectivity index (χ4n) is 5.03. The Bertz CT molecular complexity index is 1170. The molecule has 0 unspecified atom stereocenters. The summed E-state index contributed by atoms with van der Waals surface area (Å²) in [6, 6.07) is 6.88. The molecule has 3 heterocycles. The number of halogens is 1. The van der Waals surface area contributed by atoms with E-state index in [1.807, 2.05) is 44.2 Å². The first-order valence-electron chi connectivity index (χ1n) is 14.2. The number of benzene rings is 1. The summed E-state index contributed by atoms with van der Waals surface area (Å²) in [5.41, 5.74) is 1.07. The topological polar surface area (TPSA) is 154 Å². The van der Waals surface area contributed by atoms with Gasteiger partial charge in [-0.1, -0.05) is 50.6 Å². The van der Waals surface area contributed by atoms with Crippen molar-refractivity contribution in [1.82, 2.24) is 31.6 Å². The number of aromatic nitrogens is 1. The van der Waals surface area contributed by atoms with Crippen LogP contribution in [0.3, 0.4) is 0 Å². The number of hydrogen-bond acceptors (Lipinski definition) is 7. The number of carbonyl (C=O) groups is 4. The first-order valence-corrected chi connectivity index (χ1v) is 14.2. The Labute approximate surface area is 246 Å². The number of oxazole rings is 1. The lowest BCUT2D eigenvalue weighted by Gasteiger charge is -2.28. The molecule has 0 aliphatic carbocycles. The maximum absolute atomic E-state index is 13.6. The molecule has 11 nitrogen and oxygen atoms in total. The van der Waals surface area contributed by atoms with E-state index in [-0.39, 0.29) is 47.8 Å². The highest BCUT2D eigenvalue weighted by molar-refractivity contribution is 5.93. The monoisotopic (exact) mass is 588 g/mol. The molecule has 0 saturated carbocycles. The molecule has 2 aromatic rings. The van der Waals surface area contributed by atoms with Crippen molar-refractivity contribution >= 4 is 36.0 Å². The third-order valence-electron chi connectivity index (χ3n) is 7.36. The first-order chi connectivity index (χ1) is 19.3. The highest BCUT2D eigenvalue weighted by Crippen LogP contribution is 2.20. The van der Waals surface area contributed by atoms with E-state index in [0.29, 0.717) is 38.6 Å². The van der Waals surface area contributed by atoms with Gasteiger partial charge in [0.15, 0.2) is 5.69 Å². The molecule has 2 bridgehead atoms. The van der Waals surface area contributed by atoms with Gasteiger partial charge in [0, 0.05) is 13.0 Å². The number of hydrogen-bond donors (Lipinski definition) is 5. The van der Waals surface area contributed by atoms with Crippen molar-refractivity contribution in [3.8, 4) is 0 Å². The molecule has 0 spiro atoms. The molecular formula is C29H41ClN6O5. The van der Waals surface area contributed by atoms with Gasteiger partial charge in [-0.25, -0.2) is 4.98 Å². The average Bonchev–Trinajstić information content (AvgIpc) is 3.45. The van der Waals surface area contributed by atoms with Gasteiger partial charge in [0.05, 0.1) is 6.04 Å². The average molecular weight is 589 g/mol. The predicted molar refractivity (Wildman–Crippen MR) is 155 cm³/mol. The zero-order valence-corrected chi connectivity index (χ0v) is 24.4. The molecule has 1 fully saturated rings. The Morgan fingerprint density at radius 3 is 2.44 bits per heavy atom. The quantitative estimate of drug-likeness (QED) is 0.359. The van der Waals surface area contributed by atoms with Crippen molar-refractivity contribution in [2.45, 2.75) is 83.0 Å². The highest BCUT2D eigenvalue weighted by Gasteiger charge is 2.33. The van der Waals surface area contributed by atoms with Crippen LogP contribution in [0.25, 0.3) is 0 Å². The van der Waals surface area contributed by atoms with E-state index in [1.54, 1.807) is 0 Å². The minimum atomic E-state index is -0.858. The van der Waals surface area contributed by atoms with Gasteiger partial charge in [-0.2, -0.15) is 0 Å². The molecule has 0 radical (unpaired) electrons. The van der Waals surface area contributed by atoms with Crippen molar-refractivity contribution in [3.05, 3.63) is 53.7 Å². The summed E-state index contributed by atoms with van der Waals surface area (Å²) in [6.07, 6.45) is 5.91. The number of amides is 4. The van der Waals surface area contributed by atoms with Crippen LogP contribution >= 0.6 is 12.4 Å². The highest BCUT2D eigenvalue weighted by atomic mass is 35.5. The van der Waals surface area contributed by atoms with Gasteiger partial charge in [0.2, 0.25) is 23.6 Å². The summed E-state index contributed by atoms with van der Waals surface area (Å²) >= 11 is 0. The molecule has 2 aliphatic rings. The normalized spacial score (nSPS) is 24.4. The second kappa shape index (κ2) is 15.5. The molecule has 224 valence electrons. The van der Waals surface area contributed by atoms with Crippen LogP contribution in [0.1, 0.15) is 80.4 Å². The molecule has 1 saturated heterocycles. The van der Waals surface area contributed by atoms with E-state index in [1.165, 1.54) is 6.26 Å². The van der Waals surface area contributed by atoms with Crippen LogP contribution in [0.2, 0.25) is 0 Å². The summed E-state index contributed by atoms with van der Waals surface area (Å²) < 4.78 is 5.65. The van der Waals surface area contributed by atoms with Crippen LogP contribution in [0.15, 0.2) is 41.0 Å². The molecule has 1 aromatic carbocycles. The van der Waals surface area contributed by atoms with E-state index in [2.05, 4.69) is 31.6 Å². The number of nitrogens with zero attached hydrogens (tertiary/aromatic N) is 1. The molecule has 41 heavy (non-hydrogen) atoms. The maximum atomic E-state index is 13.6. The maximum Gasteiger partial charge on any atom is 0.273 e. The molecule has 4 amide bonds. The number of fused-ring (bicyclic) bond motifs is 2. The van der Waals surface area contributed by atoms with E-state index >= 15 is 0 Å². The summed E-state index contributed by atoms with van der Waals surface area (Å²) in [6.45, 7) is 4.84. The van der Waals surface area contributed by atoms with Gasteiger partial charge in [-0.15, -0.1) is 12.4 Å². The van der Waals surface area contributed by atoms with Gasteiger partial charge in [0.1, 0.15) is 24.4 Å². The molecule has 4 atom stereocenters. The Morgan fingerprint density at radius 2 is 1.73 bits per heavy atom. The Balaban J connectivity index is 0.00000462. The van der Waals surface area contributed by atoms with Crippen LogP contribution < -0.4 is 26.6 Å². The summed E-state index contributed by atoms with van der Waals surface area (Å²) in [4.78, 5) is 57.1. The van der Waals surface area contributed by atoms with Crippen LogP contribution in [0, 0.1) is 5.92 Å². The molecular weight excluding hydrogens is 548 g/mol. The lowest BCUT2D eigenvalue weighted by molar-refractivity contribution is -0.133. The summed E-state index contributed by atoms with van der Waals surface area (Å²) in [5, 5.41) is 14.8. The van der Waals surface area contributed by atoms with Crippen molar-refractivity contribution in [2.75, 3.05) is 13.1 Å². The van der Waals surface area contributed by atoms with Crippen molar-refractivity contribution < 1.29 is 23.6 Å². The smallest absolute Gasteiger partial charge is 0.273 e. The van der Waals surface area contributed by atoms with E-state index < -0.39 is 29.9 Å². The zero-order valence-electron chi connectivity index (χ0n) is 23.6. The van der Waals surface area contributed by atoms with Gasteiger partial charge >= 0.3 is 0 Å². The lowest BCUT2D eigenvalue weighted by Crippen LogP contribution is -2.58. The number of piperidine rings is 1. The fourth-order valence-corrected chi connectivity index (χ4v) is 5.03. The SMILES string of the molecule is CC(C)[C@@H]1NC(=O)[C@@H](NC(=O)[C@H]2CCCCN2)CCCCNC(=O)c2coc(n2)[C@@H](Cc2ccccc2)NC1=O.Cl. The van der Waals surface area contributed by atoms with Crippen molar-refractivity contribution in [2.24, 2.45) is 5.92 Å². The third kappa shape index (κ3) is 9.02. The largest absolute Gasteiger partial charge is 0.446 e. The fraction of sp³-hybridized carbons (Fsp3) is 0.552. The van der Waals surface area contributed by atoms with Gasteiger partial charge in [0.25, 0.3) is 5.91 Å². The first kappa shape index (κ1) is 32.1. The third-order valence-corrected chi connectivity index (χ3v) is 7.36. The Kier molecular flexibility index (Phi) is 12.2. The van der Waals surface area contributed by atoms with Crippen LogP contribution in [-0.2, 0) is 20.8 Å². The van der Waals surface area contributed by atoms with Gasteiger partial charge in [-0.05, 0) is 50.1 Å². The summed E-state index contributed by atoms with van der Waals surface area (Å²) in [7, 11) is 0. The van der Waals surface area contributed by atoms with Gasteiger partial charge in [-0.3, -0.25) is 19.2 Å². The molecule has 1 aromatic heterocycles. The van der Waals surface area contributed by atoms with Crippen LogP contribution in [0.5, 0.6) is 0 Å². The van der Waals surface area contributed by atoms with E-state index in [9.17, 15) is 19.2 Å². The number of rotatable bonds is 5. The number of carbonyl (C=O) groups excluding carboxylic acids is 4. The molecule has 5 N–H and O–H groups in total. The Hall–Kier alpha value is -3.44. The molecule has 12 heteroatoms. The Morgan fingerprint density at radius 1 is 1.00 bits per heavy atom. The van der Waals surface area contributed by atoms with Crippen LogP contribution in [-0.4, -0.2) is 59.8 Å². The predicted octanol–water partition coefficient (Wildman–Crippen LogP) is 2.18. The molecule has 4 rings (SSSR count). The minimum absolute atomic E-state index is 0. The van der Waals surface area contributed by atoms with Crippen LogP contribution in [0.4, 0.5) is 0 Å². The number of nitrogens with one attached hydrogen (secondary N) is 5. The van der Waals surface area contributed by atoms with E-state index in [0.717, 1.165) is 24.9 Å². The zero-order chi connectivity index (χ0) is 28.5. The minimum Gasteiger partial charge on any atom is -0.446 e.